The standard InChI is InChI=1S/C3H8.CH5NO.H2/c1-3-2;2-1-3;/h3H2,1-2H3;3H,1-2H2;1H. The minimum atomic E-state index is -0.250. The Bertz CT molecular complexity index is 13.7. The quantitative estimate of drug-likeness (QED) is 0.430. The molecule has 3 N–H and O–H groups in total. The van der Waals surface area contributed by atoms with Crippen LogP contribution in [0.4, 0.5) is 0 Å². The predicted octanol–water partition coefficient (Wildman–Crippen LogP) is 0.557. The maximum absolute atomic E-state index is 7.35. The van der Waals surface area contributed by atoms with E-state index in [0.717, 1.165) is 0 Å². The normalized spacial score (nSPS) is 6.00. The van der Waals surface area contributed by atoms with Gasteiger partial charge < -0.3 is 10.8 Å². The monoisotopic (exact) mass is 93.1 g/mol. The molecule has 0 aliphatic rings. The zero-order chi connectivity index (χ0) is 5.41. The van der Waals surface area contributed by atoms with E-state index < -0.39 is 0 Å². The molecule has 0 fully saturated rings. The Hall–Kier alpha value is -0.0800. The van der Waals surface area contributed by atoms with E-state index >= 15 is 0 Å². The Kier molecular flexibility index (Phi) is 31.9. The van der Waals surface area contributed by atoms with Gasteiger partial charge in [-0.15, -0.1) is 0 Å². The lowest BCUT2D eigenvalue weighted by atomic mass is 10.6. The lowest BCUT2D eigenvalue weighted by molar-refractivity contribution is 0.307. The van der Waals surface area contributed by atoms with Gasteiger partial charge >= 0.3 is 0 Å². The molecule has 0 saturated carbocycles. The van der Waals surface area contributed by atoms with Gasteiger partial charge in [0.15, 0.2) is 0 Å². The largest absolute Gasteiger partial charge is 0.382 e. The molecule has 42 valence electrons. The van der Waals surface area contributed by atoms with Crippen molar-refractivity contribution >= 4 is 0 Å². The number of hydrogen-bond acceptors (Lipinski definition) is 2. The highest BCUT2D eigenvalue weighted by atomic mass is 16.3. The van der Waals surface area contributed by atoms with Crippen LogP contribution >= 0.6 is 0 Å². The van der Waals surface area contributed by atoms with Gasteiger partial charge in [0.1, 0.15) is 0 Å². The molecule has 0 atom stereocenters. The van der Waals surface area contributed by atoms with Gasteiger partial charge in [-0.1, -0.05) is 20.3 Å². The number of hydrogen-bond donors (Lipinski definition) is 2. The van der Waals surface area contributed by atoms with Gasteiger partial charge in [0.2, 0.25) is 0 Å². The van der Waals surface area contributed by atoms with Crippen molar-refractivity contribution in [2.75, 3.05) is 6.73 Å². The highest BCUT2D eigenvalue weighted by Crippen LogP contribution is 1.56. The van der Waals surface area contributed by atoms with Crippen LogP contribution in [0.1, 0.15) is 21.7 Å². The van der Waals surface area contributed by atoms with Crippen molar-refractivity contribution in [2.45, 2.75) is 20.3 Å². The first-order valence-corrected chi connectivity index (χ1v) is 2.14. The second-order valence-corrected chi connectivity index (χ2v) is 0.890. The third-order valence-electron chi connectivity index (χ3n) is 0. The molecule has 6 heavy (non-hydrogen) atoms. The van der Waals surface area contributed by atoms with E-state index in [9.17, 15) is 0 Å². The summed E-state index contributed by atoms with van der Waals surface area (Å²) in [6.45, 7) is 4.00. The van der Waals surface area contributed by atoms with Crippen LogP contribution in [0, 0.1) is 0 Å². The molecule has 0 saturated heterocycles. The molecule has 2 heteroatoms. The van der Waals surface area contributed by atoms with Crippen molar-refractivity contribution in [1.82, 2.24) is 0 Å². The van der Waals surface area contributed by atoms with Crippen LogP contribution in [-0.4, -0.2) is 11.8 Å². The molecule has 0 unspecified atom stereocenters. The lowest BCUT2D eigenvalue weighted by Gasteiger charge is -1.56. The fourth-order valence-corrected chi connectivity index (χ4v) is 0. The Morgan fingerprint density at radius 1 is 1.67 bits per heavy atom. The Morgan fingerprint density at radius 3 is 1.67 bits per heavy atom. The van der Waals surface area contributed by atoms with Crippen molar-refractivity contribution in [2.24, 2.45) is 5.73 Å². The predicted molar refractivity (Wildman–Crippen MR) is 29.4 cm³/mol. The van der Waals surface area contributed by atoms with E-state index in [1.165, 1.54) is 6.42 Å². The molecule has 0 heterocycles. The van der Waals surface area contributed by atoms with E-state index in [0.29, 0.717) is 0 Å². The van der Waals surface area contributed by atoms with Crippen molar-refractivity contribution in [3.8, 4) is 0 Å². The minimum Gasteiger partial charge on any atom is -0.382 e. The summed E-state index contributed by atoms with van der Waals surface area (Å²) >= 11 is 0. The molecule has 0 spiro atoms. The average molecular weight is 93.2 g/mol. The summed E-state index contributed by atoms with van der Waals surface area (Å²) in [5.74, 6) is 0. The first-order valence-electron chi connectivity index (χ1n) is 2.14. The summed E-state index contributed by atoms with van der Waals surface area (Å²) in [6.07, 6.45) is 1.25. The summed E-state index contributed by atoms with van der Waals surface area (Å²) in [4.78, 5) is 0. The molecule has 0 aromatic carbocycles. The summed E-state index contributed by atoms with van der Waals surface area (Å²) in [6, 6.07) is 0. The molecule has 0 amide bonds. The van der Waals surface area contributed by atoms with E-state index in [4.69, 9.17) is 5.11 Å². The van der Waals surface area contributed by atoms with Gasteiger partial charge in [0.25, 0.3) is 0 Å². The van der Waals surface area contributed by atoms with E-state index in [1.54, 1.807) is 0 Å². The van der Waals surface area contributed by atoms with Gasteiger partial charge in [-0.25, -0.2) is 0 Å². The van der Waals surface area contributed by atoms with Crippen molar-refractivity contribution in [3.05, 3.63) is 0 Å². The van der Waals surface area contributed by atoms with Crippen LogP contribution in [-0.2, 0) is 0 Å². The molecule has 0 bridgehead atoms. The molecule has 0 aromatic heterocycles. The second-order valence-electron chi connectivity index (χ2n) is 0.890. The highest BCUT2D eigenvalue weighted by molar-refractivity contribution is 3.92. The number of rotatable bonds is 0. The zero-order valence-corrected chi connectivity index (χ0v) is 4.44. The molecule has 2 nitrogen and oxygen atoms in total. The number of aliphatic hydroxyl groups is 1. The molecular weight excluding hydrogens is 78.0 g/mol. The van der Waals surface area contributed by atoms with Gasteiger partial charge in [-0.3, -0.25) is 0 Å². The summed E-state index contributed by atoms with van der Waals surface area (Å²) in [5, 5.41) is 7.35. The topological polar surface area (TPSA) is 46.2 Å². The van der Waals surface area contributed by atoms with E-state index in [1.807, 2.05) is 0 Å². The van der Waals surface area contributed by atoms with Gasteiger partial charge in [-0.2, -0.15) is 0 Å². The van der Waals surface area contributed by atoms with Crippen LogP contribution in [0.15, 0.2) is 0 Å². The molecule has 0 rings (SSSR count). The summed E-state index contributed by atoms with van der Waals surface area (Å²) < 4.78 is 0. The van der Waals surface area contributed by atoms with Crippen molar-refractivity contribution in [1.29, 1.82) is 0 Å². The molecule has 0 aromatic rings. The maximum atomic E-state index is 7.35. The first kappa shape index (κ1) is 9.33. The van der Waals surface area contributed by atoms with Gasteiger partial charge in [-0.05, 0) is 0 Å². The van der Waals surface area contributed by atoms with E-state index in [2.05, 4.69) is 19.6 Å². The fraction of sp³-hybridized carbons (Fsp3) is 1.00. The Morgan fingerprint density at radius 2 is 1.67 bits per heavy atom. The first-order chi connectivity index (χ1) is 2.83. The van der Waals surface area contributed by atoms with Crippen LogP contribution in [0.2, 0.25) is 0 Å². The van der Waals surface area contributed by atoms with Crippen molar-refractivity contribution in [3.63, 3.8) is 0 Å². The molecule has 0 aliphatic heterocycles. The average Bonchev–Trinajstić information content (AvgIpc) is 1.39. The zero-order valence-electron chi connectivity index (χ0n) is 4.44. The van der Waals surface area contributed by atoms with Crippen LogP contribution in [0.5, 0.6) is 0 Å². The lowest BCUT2D eigenvalue weighted by Crippen LogP contribution is -1.92. The minimum absolute atomic E-state index is 0. The third kappa shape index (κ3) is 5220. The second kappa shape index (κ2) is 20.5. The maximum Gasteiger partial charge on any atom is 0.0906 e. The molecule has 0 radical (unpaired) electrons. The molecular formula is C4H15NO. The number of nitrogens with two attached hydrogens (primary N) is 1. The SMILES string of the molecule is CCC.NCO.[HH]. The van der Waals surface area contributed by atoms with Crippen molar-refractivity contribution < 1.29 is 6.53 Å². The Labute approximate surface area is 40.5 Å². The third-order valence-corrected chi connectivity index (χ3v) is 0. The van der Waals surface area contributed by atoms with E-state index in [-0.39, 0.29) is 8.16 Å². The fourth-order valence-electron chi connectivity index (χ4n) is 0. The smallest absolute Gasteiger partial charge is 0.0906 e. The number of aliphatic hydroxyl groups excluding tert-OH is 1. The van der Waals surface area contributed by atoms with Gasteiger partial charge in [0.05, 0.1) is 6.73 Å². The van der Waals surface area contributed by atoms with Crippen LogP contribution in [0.3, 0.4) is 0 Å². The summed E-state index contributed by atoms with van der Waals surface area (Å²) in [5.41, 5.74) is 4.40. The van der Waals surface area contributed by atoms with Crippen LogP contribution < -0.4 is 5.73 Å². The Balaban J connectivity index is -0.0000000400. The summed E-state index contributed by atoms with van der Waals surface area (Å²) in [7, 11) is 0. The molecule has 0 aliphatic carbocycles. The highest BCUT2D eigenvalue weighted by Gasteiger charge is 1.35. The van der Waals surface area contributed by atoms with Gasteiger partial charge in [0, 0.05) is 1.43 Å². The van der Waals surface area contributed by atoms with Crippen LogP contribution in [0.25, 0.3) is 0 Å².